The second-order valence-corrected chi connectivity index (χ2v) is 9.15. The zero-order chi connectivity index (χ0) is 22.0. The summed E-state index contributed by atoms with van der Waals surface area (Å²) in [6.07, 6.45) is 4.52. The van der Waals surface area contributed by atoms with Crippen molar-refractivity contribution in [3.05, 3.63) is 0 Å². The molecule has 9 heteroatoms. The largest absolute Gasteiger partial charge is 0.379 e. The first kappa shape index (κ1) is 28.4. The van der Waals surface area contributed by atoms with Crippen LogP contribution in [-0.2, 0) is 14.3 Å². The third-order valence-corrected chi connectivity index (χ3v) is 6.22. The number of aliphatic imine (C=N–C) groups is 1. The van der Waals surface area contributed by atoms with Crippen molar-refractivity contribution in [3.63, 3.8) is 0 Å². The van der Waals surface area contributed by atoms with Gasteiger partial charge < -0.3 is 25.0 Å². The molecule has 1 amide bonds. The highest BCUT2D eigenvalue weighted by Gasteiger charge is 2.49. The van der Waals surface area contributed by atoms with E-state index < -0.39 is 0 Å². The van der Waals surface area contributed by atoms with Crippen LogP contribution in [0.2, 0.25) is 0 Å². The van der Waals surface area contributed by atoms with E-state index in [1.807, 2.05) is 0 Å². The van der Waals surface area contributed by atoms with E-state index in [1.54, 1.807) is 19.0 Å². The van der Waals surface area contributed by atoms with Gasteiger partial charge in [-0.05, 0) is 25.8 Å². The molecule has 2 unspecified atom stereocenters. The molecule has 182 valence electrons. The van der Waals surface area contributed by atoms with Crippen molar-refractivity contribution in [1.29, 1.82) is 0 Å². The second kappa shape index (κ2) is 14.5. The topological polar surface area (TPSA) is 78.4 Å². The van der Waals surface area contributed by atoms with E-state index in [0.717, 1.165) is 77.6 Å². The van der Waals surface area contributed by atoms with Crippen molar-refractivity contribution in [3.8, 4) is 0 Å². The Bertz CT molecular complexity index is 553. The lowest BCUT2D eigenvalue weighted by atomic mass is 9.64. The number of morpholine rings is 1. The summed E-state index contributed by atoms with van der Waals surface area (Å²) in [5, 5.41) is 6.98. The Kier molecular flexibility index (Phi) is 13.3. The van der Waals surface area contributed by atoms with Crippen LogP contribution in [0.5, 0.6) is 0 Å². The minimum Gasteiger partial charge on any atom is -0.379 e. The van der Waals surface area contributed by atoms with Crippen molar-refractivity contribution >= 4 is 35.8 Å². The minimum absolute atomic E-state index is 0. The maximum absolute atomic E-state index is 12.0. The highest BCUT2D eigenvalue weighted by molar-refractivity contribution is 14.0. The minimum atomic E-state index is -0.00179. The molecular weight excluding hydrogens is 509 g/mol. The fraction of sp³-hybridized carbons (Fsp3) is 0.909. The molecule has 2 N–H and O–H groups in total. The molecule has 1 heterocycles. The molecule has 0 bridgehead atoms. The Balaban J connectivity index is 0.00000480. The van der Waals surface area contributed by atoms with E-state index in [-0.39, 0.29) is 54.0 Å². The van der Waals surface area contributed by atoms with Crippen molar-refractivity contribution in [2.75, 3.05) is 66.6 Å². The standard InChI is InChI=1S/C22H43N5O3.HI/c1-6-7-13-30-19-16-18(22(19,2)3)25-21(24-17-20(28)26(4)5)23-9-8-10-27-11-14-29-15-12-27;/h18-19H,6-17H2,1-5H3,(H2,23,24,25);1H. The van der Waals surface area contributed by atoms with Crippen LogP contribution < -0.4 is 10.6 Å². The van der Waals surface area contributed by atoms with Gasteiger partial charge in [0.05, 0.1) is 19.3 Å². The van der Waals surface area contributed by atoms with Gasteiger partial charge in [0.2, 0.25) is 5.91 Å². The third-order valence-electron chi connectivity index (χ3n) is 6.22. The Morgan fingerprint density at radius 1 is 1.26 bits per heavy atom. The number of guanidine groups is 1. The van der Waals surface area contributed by atoms with Gasteiger partial charge in [0.15, 0.2) is 5.96 Å². The second-order valence-electron chi connectivity index (χ2n) is 9.15. The predicted octanol–water partition coefficient (Wildman–Crippen LogP) is 1.93. The summed E-state index contributed by atoms with van der Waals surface area (Å²) in [6, 6.07) is 0.282. The number of carbonyl (C=O) groups is 1. The van der Waals surface area contributed by atoms with Crippen LogP contribution in [0, 0.1) is 5.41 Å². The summed E-state index contributed by atoms with van der Waals surface area (Å²) in [7, 11) is 3.52. The van der Waals surface area contributed by atoms with Crippen molar-refractivity contribution in [1.82, 2.24) is 20.4 Å². The number of nitrogens with zero attached hydrogens (tertiary/aromatic N) is 3. The number of hydrogen-bond acceptors (Lipinski definition) is 5. The molecular formula is C22H44IN5O3. The Morgan fingerprint density at radius 3 is 2.58 bits per heavy atom. The quantitative estimate of drug-likeness (QED) is 0.176. The summed E-state index contributed by atoms with van der Waals surface area (Å²) in [5.74, 6) is 0.718. The predicted molar refractivity (Wildman–Crippen MR) is 136 cm³/mol. The zero-order valence-corrected chi connectivity index (χ0v) is 22.4. The van der Waals surface area contributed by atoms with Gasteiger partial charge in [0.1, 0.15) is 6.54 Å². The Labute approximate surface area is 205 Å². The van der Waals surface area contributed by atoms with Crippen LogP contribution in [0.1, 0.15) is 46.5 Å². The number of unbranched alkanes of at least 4 members (excludes halogenated alkanes) is 1. The number of carbonyl (C=O) groups excluding carboxylic acids is 1. The molecule has 1 saturated heterocycles. The van der Waals surface area contributed by atoms with Gasteiger partial charge in [0.25, 0.3) is 0 Å². The van der Waals surface area contributed by atoms with Crippen LogP contribution in [0.3, 0.4) is 0 Å². The Morgan fingerprint density at radius 2 is 1.97 bits per heavy atom. The average Bonchev–Trinajstić information content (AvgIpc) is 2.73. The lowest BCUT2D eigenvalue weighted by Crippen LogP contribution is -2.63. The number of likely N-dealkylation sites (N-methyl/N-ethyl adjacent to an activating group) is 1. The monoisotopic (exact) mass is 553 g/mol. The normalized spacial score (nSPS) is 23.5. The van der Waals surface area contributed by atoms with Gasteiger partial charge in [-0.1, -0.05) is 27.2 Å². The van der Waals surface area contributed by atoms with E-state index in [1.165, 1.54) is 0 Å². The molecule has 2 fully saturated rings. The smallest absolute Gasteiger partial charge is 0.243 e. The van der Waals surface area contributed by atoms with Crippen molar-refractivity contribution in [2.45, 2.75) is 58.6 Å². The lowest BCUT2D eigenvalue weighted by Gasteiger charge is -2.52. The molecule has 31 heavy (non-hydrogen) atoms. The van der Waals surface area contributed by atoms with Crippen LogP contribution in [0.25, 0.3) is 0 Å². The van der Waals surface area contributed by atoms with Crippen LogP contribution >= 0.6 is 24.0 Å². The van der Waals surface area contributed by atoms with Gasteiger partial charge in [0, 0.05) is 51.8 Å². The van der Waals surface area contributed by atoms with Gasteiger partial charge >= 0.3 is 0 Å². The molecule has 0 spiro atoms. The molecule has 1 aliphatic carbocycles. The van der Waals surface area contributed by atoms with Crippen LogP contribution in [0.15, 0.2) is 4.99 Å². The number of nitrogens with one attached hydrogen (secondary N) is 2. The summed E-state index contributed by atoms with van der Waals surface area (Å²) < 4.78 is 11.5. The van der Waals surface area contributed by atoms with Gasteiger partial charge in [-0.15, -0.1) is 24.0 Å². The number of ether oxygens (including phenoxy) is 2. The molecule has 1 aliphatic heterocycles. The average molecular weight is 554 g/mol. The molecule has 8 nitrogen and oxygen atoms in total. The zero-order valence-electron chi connectivity index (χ0n) is 20.1. The van der Waals surface area contributed by atoms with E-state index in [2.05, 4.69) is 41.3 Å². The first-order chi connectivity index (χ1) is 14.3. The molecule has 2 aliphatic rings. The van der Waals surface area contributed by atoms with Crippen LogP contribution in [0.4, 0.5) is 0 Å². The molecule has 0 aromatic rings. The maximum atomic E-state index is 12.0. The number of amides is 1. The number of rotatable bonds is 11. The SMILES string of the molecule is CCCCOC1CC(NC(=NCC(=O)N(C)C)NCCCN2CCOCC2)C1(C)C.I. The molecule has 0 aromatic carbocycles. The molecule has 2 atom stereocenters. The van der Waals surface area contributed by atoms with E-state index >= 15 is 0 Å². The molecule has 2 rings (SSSR count). The number of halogens is 1. The summed E-state index contributed by atoms with van der Waals surface area (Å²) in [5.41, 5.74) is 0.0373. The van der Waals surface area contributed by atoms with Crippen molar-refractivity contribution < 1.29 is 14.3 Å². The van der Waals surface area contributed by atoms with Gasteiger partial charge in [-0.2, -0.15) is 0 Å². The number of hydrogen-bond donors (Lipinski definition) is 2. The Hall–Kier alpha value is -0.650. The molecule has 1 saturated carbocycles. The van der Waals surface area contributed by atoms with Gasteiger partial charge in [-0.25, -0.2) is 4.99 Å². The van der Waals surface area contributed by atoms with Gasteiger partial charge in [-0.3, -0.25) is 9.69 Å². The fourth-order valence-electron chi connectivity index (χ4n) is 3.72. The van der Waals surface area contributed by atoms with Crippen molar-refractivity contribution in [2.24, 2.45) is 10.4 Å². The molecule has 0 radical (unpaired) electrons. The summed E-state index contributed by atoms with van der Waals surface area (Å²) in [6.45, 7) is 13.2. The first-order valence-corrected chi connectivity index (χ1v) is 11.5. The van der Waals surface area contributed by atoms with E-state index in [9.17, 15) is 4.79 Å². The summed E-state index contributed by atoms with van der Waals surface area (Å²) >= 11 is 0. The van der Waals surface area contributed by atoms with E-state index in [4.69, 9.17) is 9.47 Å². The lowest BCUT2D eigenvalue weighted by molar-refractivity contribution is -0.127. The van der Waals surface area contributed by atoms with E-state index in [0.29, 0.717) is 0 Å². The highest BCUT2D eigenvalue weighted by atomic mass is 127. The maximum Gasteiger partial charge on any atom is 0.243 e. The van der Waals surface area contributed by atoms with Crippen LogP contribution in [-0.4, -0.2) is 100 Å². The first-order valence-electron chi connectivity index (χ1n) is 11.5. The highest BCUT2D eigenvalue weighted by Crippen LogP contribution is 2.42. The molecule has 0 aromatic heterocycles. The fourth-order valence-corrected chi connectivity index (χ4v) is 3.72. The summed E-state index contributed by atoms with van der Waals surface area (Å²) in [4.78, 5) is 20.6. The third kappa shape index (κ3) is 9.39.